The Morgan fingerprint density at radius 1 is 0.966 bits per heavy atom. The maximum atomic E-state index is 12.9. The van der Waals surface area contributed by atoms with Crippen molar-refractivity contribution in [2.24, 2.45) is 16.8 Å². The molecular formula is C21H38N6O2. The molecular weight excluding hydrogens is 368 g/mol. The Morgan fingerprint density at radius 2 is 1.55 bits per heavy atom. The van der Waals surface area contributed by atoms with Gasteiger partial charge in [0.05, 0.1) is 18.6 Å². The monoisotopic (exact) mass is 406 g/mol. The second kappa shape index (κ2) is 9.13. The third-order valence-electron chi connectivity index (χ3n) is 5.68. The van der Waals surface area contributed by atoms with Gasteiger partial charge in [-0.05, 0) is 32.1 Å². The first-order chi connectivity index (χ1) is 13.5. The van der Waals surface area contributed by atoms with E-state index in [9.17, 15) is 9.59 Å². The van der Waals surface area contributed by atoms with Gasteiger partial charge in [0.2, 0.25) is 0 Å². The highest BCUT2D eigenvalue weighted by atomic mass is 16.2. The van der Waals surface area contributed by atoms with Gasteiger partial charge in [-0.2, -0.15) is 0 Å². The lowest BCUT2D eigenvalue weighted by atomic mass is 10.0. The summed E-state index contributed by atoms with van der Waals surface area (Å²) in [4.78, 5) is 37.2. The largest absolute Gasteiger partial charge is 0.326 e. The summed E-state index contributed by atoms with van der Waals surface area (Å²) in [6, 6.07) is -0.303. The molecule has 8 nitrogen and oxygen atoms in total. The Balaban J connectivity index is 2.21. The Bertz CT molecular complexity index is 672. The van der Waals surface area contributed by atoms with Gasteiger partial charge in [0, 0.05) is 26.2 Å². The van der Waals surface area contributed by atoms with Gasteiger partial charge in [0.25, 0.3) is 0 Å². The third-order valence-corrected chi connectivity index (χ3v) is 5.68. The van der Waals surface area contributed by atoms with Crippen LogP contribution < -0.4 is 0 Å². The van der Waals surface area contributed by atoms with E-state index >= 15 is 0 Å². The van der Waals surface area contributed by atoms with Crippen LogP contribution in [0.3, 0.4) is 0 Å². The molecule has 2 aliphatic rings. The summed E-state index contributed by atoms with van der Waals surface area (Å²) in [6.45, 7) is 15.8. The minimum atomic E-state index is -0.217. The number of nitrogens with one attached hydrogen (secondary N) is 1. The van der Waals surface area contributed by atoms with Crippen LogP contribution in [0.4, 0.5) is 9.59 Å². The number of nitrogens with zero attached hydrogens (tertiary/aromatic N) is 5. The number of amides is 4. The first kappa shape index (κ1) is 23.2. The summed E-state index contributed by atoms with van der Waals surface area (Å²) in [6.07, 6.45) is 0.823. The number of rotatable bonds is 8. The van der Waals surface area contributed by atoms with Gasteiger partial charge in [0.1, 0.15) is 11.7 Å². The molecule has 0 spiro atoms. The van der Waals surface area contributed by atoms with Crippen molar-refractivity contribution in [3.8, 4) is 0 Å². The lowest BCUT2D eigenvalue weighted by Crippen LogP contribution is -2.43. The Morgan fingerprint density at radius 3 is 2.03 bits per heavy atom. The van der Waals surface area contributed by atoms with Crippen molar-refractivity contribution >= 4 is 23.7 Å². The number of carbonyl (C=O) groups is 2. The minimum absolute atomic E-state index is 0.0225. The highest BCUT2D eigenvalue weighted by Crippen LogP contribution is 2.27. The molecule has 1 N–H and O–H groups in total. The number of urea groups is 2. The summed E-state index contributed by atoms with van der Waals surface area (Å²) in [5, 5.41) is 8.45. The van der Waals surface area contributed by atoms with E-state index in [4.69, 9.17) is 10.4 Å². The molecule has 8 heteroatoms. The van der Waals surface area contributed by atoms with E-state index in [-0.39, 0.29) is 42.0 Å². The van der Waals surface area contributed by atoms with Crippen molar-refractivity contribution in [1.82, 2.24) is 19.6 Å². The predicted molar refractivity (Wildman–Crippen MR) is 117 cm³/mol. The molecule has 2 rings (SSSR count). The zero-order valence-electron chi connectivity index (χ0n) is 19.3. The van der Waals surface area contributed by atoms with Gasteiger partial charge in [-0.25, -0.2) is 9.59 Å². The third kappa shape index (κ3) is 4.26. The topological polar surface area (TPSA) is 83.3 Å². The summed E-state index contributed by atoms with van der Waals surface area (Å²) < 4.78 is 0. The van der Waals surface area contributed by atoms with Gasteiger partial charge >= 0.3 is 12.1 Å². The van der Waals surface area contributed by atoms with Crippen LogP contribution in [0.15, 0.2) is 4.99 Å². The molecule has 0 radical (unpaired) electrons. The van der Waals surface area contributed by atoms with E-state index < -0.39 is 0 Å². The number of hydrogen-bond acceptors (Lipinski definition) is 4. The molecule has 2 unspecified atom stereocenters. The highest BCUT2D eigenvalue weighted by Gasteiger charge is 2.45. The number of amidine groups is 2. The maximum Gasteiger partial charge on any atom is 0.326 e. The Hall–Kier alpha value is -2.12. The van der Waals surface area contributed by atoms with Crippen molar-refractivity contribution < 1.29 is 9.59 Å². The van der Waals surface area contributed by atoms with Crippen LogP contribution in [0.25, 0.3) is 0 Å². The van der Waals surface area contributed by atoms with Gasteiger partial charge in [-0.1, -0.05) is 34.6 Å². The summed E-state index contributed by atoms with van der Waals surface area (Å²) in [7, 11) is 1.77. The number of hydrogen-bond donors (Lipinski definition) is 1. The quantitative estimate of drug-likeness (QED) is 0.670. The molecule has 2 atom stereocenters. The smallest absolute Gasteiger partial charge is 0.312 e. The normalized spacial score (nSPS) is 24.7. The van der Waals surface area contributed by atoms with E-state index in [1.807, 2.05) is 39.5 Å². The molecule has 164 valence electrons. The first-order valence-electron chi connectivity index (χ1n) is 10.8. The molecule has 0 bridgehead atoms. The van der Waals surface area contributed by atoms with E-state index in [2.05, 4.69) is 13.8 Å². The zero-order valence-corrected chi connectivity index (χ0v) is 19.3. The predicted octanol–water partition coefficient (Wildman–Crippen LogP) is 3.33. The average Bonchev–Trinajstić information content (AvgIpc) is 3.02. The van der Waals surface area contributed by atoms with Crippen molar-refractivity contribution in [2.45, 2.75) is 73.0 Å². The second-order valence-electron chi connectivity index (χ2n) is 8.97. The van der Waals surface area contributed by atoms with Gasteiger partial charge in [0.15, 0.2) is 0 Å². The summed E-state index contributed by atoms with van der Waals surface area (Å²) >= 11 is 0. The Kier molecular flexibility index (Phi) is 7.30. The lowest BCUT2D eigenvalue weighted by Gasteiger charge is -2.29. The molecule has 0 aliphatic carbocycles. The van der Waals surface area contributed by atoms with Crippen LogP contribution in [0, 0.1) is 17.2 Å². The summed E-state index contributed by atoms with van der Waals surface area (Å²) in [5.41, 5.74) is 0. The maximum absolute atomic E-state index is 12.9. The second-order valence-corrected chi connectivity index (χ2v) is 8.97. The fourth-order valence-corrected chi connectivity index (χ4v) is 4.38. The number of likely N-dealkylation sites (N-methyl/N-ethyl adjacent to an activating group) is 1. The lowest BCUT2D eigenvalue weighted by molar-refractivity contribution is 0.166. The van der Waals surface area contributed by atoms with E-state index in [1.54, 1.807) is 21.7 Å². The van der Waals surface area contributed by atoms with Gasteiger partial charge in [-0.15, -0.1) is 0 Å². The van der Waals surface area contributed by atoms with Gasteiger partial charge in [-0.3, -0.25) is 20.2 Å². The molecule has 2 heterocycles. The van der Waals surface area contributed by atoms with Gasteiger partial charge < -0.3 is 9.80 Å². The minimum Gasteiger partial charge on any atom is -0.312 e. The molecule has 2 aliphatic heterocycles. The highest BCUT2D eigenvalue weighted by molar-refractivity contribution is 6.07. The molecule has 0 aromatic rings. The molecule has 2 saturated heterocycles. The van der Waals surface area contributed by atoms with Crippen LogP contribution in [-0.4, -0.2) is 88.1 Å². The number of carbonyl (C=O) groups excluding carboxylic acids is 2. The van der Waals surface area contributed by atoms with Crippen LogP contribution in [-0.2, 0) is 0 Å². The molecule has 29 heavy (non-hydrogen) atoms. The van der Waals surface area contributed by atoms with Crippen LogP contribution >= 0.6 is 0 Å². The van der Waals surface area contributed by atoms with Crippen molar-refractivity contribution in [1.29, 1.82) is 5.41 Å². The van der Waals surface area contributed by atoms with E-state index in [1.165, 1.54) is 0 Å². The standard InChI is InChI=1S/C21H38N6O2/c1-9-11-26-18(22)16(13(2)3)25(21(26)29)12-10-23-19-17(14(4)5)27(15(6)7)20(28)24(19)8/h13-17,22H,9-12H2,1-8H3/b22-18?,23-19-. The molecule has 0 saturated carbocycles. The van der Waals surface area contributed by atoms with Crippen LogP contribution in [0.5, 0.6) is 0 Å². The number of aliphatic imine (C=N–C) groups is 1. The van der Waals surface area contributed by atoms with Crippen LogP contribution in [0.2, 0.25) is 0 Å². The molecule has 0 aromatic heterocycles. The van der Waals surface area contributed by atoms with Crippen molar-refractivity contribution in [2.75, 3.05) is 26.7 Å². The zero-order chi connectivity index (χ0) is 22.0. The Labute approximate surface area is 175 Å². The fourth-order valence-electron chi connectivity index (χ4n) is 4.38. The summed E-state index contributed by atoms with van der Waals surface area (Å²) in [5.74, 6) is 1.57. The van der Waals surface area contributed by atoms with Crippen molar-refractivity contribution in [3.63, 3.8) is 0 Å². The van der Waals surface area contributed by atoms with E-state index in [0.29, 0.717) is 25.5 Å². The van der Waals surface area contributed by atoms with Crippen LogP contribution in [0.1, 0.15) is 54.9 Å². The SMILES string of the molecule is CCCN1C(=N)C(C(C)C)N(CC/N=C2/C(C(C)C)N(C(C)C)C(=O)N2C)C1=O. The average molecular weight is 407 g/mol. The molecule has 4 amide bonds. The first-order valence-corrected chi connectivity index (χ1v) is 10.8. The fraction of sp³-hybridized carbons (Fsp3) is 0.810. The van der Waals surface area contributed by atoms with E-state index in [0.717, 1.165) is 12.3 Å². The van der Waals surface area contributed by atoms with Crippen molar-refractivity contribution in [3.05, 3.63) is 0 Å². The molecule has 2 fully saturated rings. The molecule has 0 aromatic carbocycles.